The molecular weight excluding hydrogens is 282 g/mol. The summed E-state index contributed by atoms with van der Waals surface area (Å²) in [5, 5.41) is 11.9. The number of anilines is 1. The van der Waals surface area contributed by atoms with Gasteiger partial charge in [0.05, 0.1) is 5.56 Å². The number of nitrogens with zero attached hydrogens (tertiary/aromatic N) is 1. The molecule has 0 aliphatic rings. The van der Waals surface area contributed by atoms with Crippen LogP contribution in [-0.2, 0) is 6.54 Å². The molecule has 1 amide bonds. The average molecular weight is 297 g/mol. The molecule has 4 nitrogen and oxygen atoms in total. The van der Waals surface area contributed by atoms with Crippen LogP contribution in [-0.4, -0.2) is 17.9 Å². The highest BCUT2D eigenvalue weighted by molar-refractivity contribution is 7.07. The smallest absolute Gasteiger partial charge is 0.253 e. The van der Waals surface area contributed by atoms with Crippen molar-refractivity contribution in [2.24, 2.45) is 0 Å². The van der Waals surface area contributed by atoms with Gasteiger partial charge in [0.25, 0.3) is 5.91 Å². The van der Waals surface area contributed by atoms with E-state index in [-0.39, 0.29) is 5.91 Å². The Labute approximate surface area is 126 Å². The molecule has 2 N–H and O–H groups in total. The van der Waals surface area contributed by atoms with E-state index in [4.69, 9.17) is 0 Å². The van der Waals surface area contributed by atoms with Crippen molar-refractivity contribution >= 4 is 33.8 Å². The van der Waals surface area contributed by atoms with Crippen LogP contribution in [0.2, 0.25) is 0 Å². The molecule has 0 bridgehead atoms. The van der Waals surface area contributed by atoms with Gasteiger partial charge in [-0.05, 0) is 27.8 Å². The largest absolute Gasteiger partial charge is 0.373 e. The number of hydrogen-bond acceptors (Lipinski definition) is 4. The number of pyridine rings is 1. The molecule has 21 heavy (non-hydrogen) atoms. The second-order valence-electron chi connectivity index (χ2n) is 4.63. The fourth-order valence-corrected chi connectivity index (χ4v) is 2.91. The molecule has 3 aromatic rings. The van der Waals surface area contributed by atoms with Crippen LogP contribution in [0, 0.1) is 0 Å². The molecular formula is C16H15N3OS. The van der Waals surface area contributed by atoms with E-state index in [0.29, 0.717) is 12.1 Å². The van der Waals surface area contributed by atoms with Crippen molar-refractivity contribution in [1.82, 2.24) is 10.3 Å². The highest BCUT2D eigenvalue weighted by Gasteiger charge is 2.12. The van der Waals surface area contributed by atoms with Gasteiger partial charge in [-0.25, -0.2) is 4.98 Å². The van der Waals surface area contributed by atoms with Crippen LogP contribution in [0.5, 0.6) is 0 Å². The number of amides is 1. The van der Waals surface area contributed by atoms with Crippen LogP contribution < -0.4 is 10.6 Å². The summed E-state index contributed by atoms with van der Waals surface area (Å²) in [5.74, 6) is 0.674. The highest BCUT2D eigenvalue weighted by Crippen LogP contribution is 2.24. The van der Waals surface area contributed by atoms with Gasteiger partial charge >= 0.3 is 0 Å². The molecule has 0 fully saturated rings. The third-order valence-corrected chi connectivity index (χ3v) is 4.04. The number of carbonyl (C=O) groups is 1. The van der Waals surface area contributed by atoms with E-state index in [9.17, 15) is 4.79 Å². The maximum absolute atomic E-state index is 12.4. The lowest BCUT2D eigenvalue weighted by atomic mass is 10.1. The number of rotatable bonds is 4. The van der Waals surface area contributed by atoms with Crippen LogP contribution in [0.15, 0.2) is 47.3 Å². The SMILES string of the molecule is CNc1ncc(C(=O)NCc2ccsc2)c2ccccc12. The minimum atomic E-state index is -0.104. The van der Waals surface area contributed by atoms with Gasteiger partial charge in [0.2, 0.25) is 0 Å². The first-order valence-corrected chi connectivity index (χ1v) is 7.58. The summed E-state index contributed by atoms with van der Waals surface area (Å²) in [7, 11) is 1.82. The molecule has 0 unspecified atom stereocenters. The Morgan fingerprint density at radius 1 is 1.24 bits per heavy atom. The summed E-state index contributed by atoms with van der Waals surface area (Å²) in [6.45, 7) is 0.532. The van der Waals surface area contributed by atoms with Crippen molar-refractivity contribution < 1.29 is 4.79 Å². The second-order valence-corrected chi connectivity index (χ2v) is 5.41. The van der Waals surface area contributed by atoms with Crippen molar-refractivity contribution in [1.29, 1.82) is 0 Å². The van der Waals surface area contributed by atoms with Crippen molar-refractivity contribution in [2.45, 2.75) is 6.54 Å². The second kappa shape index (κ2) is 5.93. The summed E-state index contributed by atoms with van der Waals surface area (Å²) in [5.41, 5.74) is 1.71. The zero-order valence-corrected chi connectivity index (χ0v) is 12.4. The lowest BCUT2D eigenvalue weighted by Gasteiger charge is -2.10. The van der Waals surface area contributed by atoms with Crippen molar-refractivity contribution in [3.05, 3.63) is 58.4 Å². The Hall–Kier alpha value is -2.40. The van der Waals surface area contributed by atoms with Crippen LogP contribution in [0.1, 0.15) is 15.9 Å². The van der Waals surface area contributed by atoms with Crippen LogP contribution >= 0.6 is 11.3 Å². The molecule has 5 heteroatoms. The molecule has 0 saturated heterocycles. The molecule has 3 rings (SSSR count). The summed E-state index contributed by atoms with van der Waals surface area (Å²) in [6.07, 6.45) is 1.62. The van der Waals surface area contributed by atoms with Crippen molar-refractivity contribution in [2.75, 3.05) is 12.4 Å². The number of hydrogen-bond donors (Lipinski definition) is 2. The number of thiophene rings is 1. The average Bonchev–Trinajstić information content (AvgIpc) is 3.05. The van der Waals surface area contributed by atoms with Crippen LogP contribution in [0.3, 0.4) is 0 Å². The predicted molar refractivity (Wildman–Crippen MR) is 86.8 cm³/mol. The van der Waals surface area contributed by atoms with Gasteiger partial charge in [0, 0.05) is 25.2 Å². The van der Waals surface area contributed by atoms with Crippen molar-refractivity contribution in [3.63, 3.8) is 0 Å². The van der Waals surface area contributed by atoms with Gasteiger partial charge in [-0.2, -0.15) is 11.3 Å². The first kappa shape index (κ1) is 13.6. The van der Waals surface area contributed by atoms with Gasteiger partial charge in [-0.1, -0.05) is 24.3 Å². The van der Waals surface area contributed by atoms with Gasteiger partial charge in [0.1, 0.15) is 5.82 Å². The first-order valence-electron chi connectivity index (χ1n) is 6.64. The zero-order valence-electron chi connectivity index (χ0n) is 11.6. The molecule has 2 aromatic heterocycles. The predicted octanol–water partition coefficient (Wildman–Crippen LogP) is 3.27. The van der Waals surface area contributed by atoms with Gasteiger partial charge in [0.15, 0.2) is 0 Å². The Morgan fingerprint density at radius 3 is 2.76 bits per heavy atom. The lowest BCUT2D eigenvalue weighted by molar-refractivity contribution is 0.0952. The van der Waals surface area contributed by atoms with E-state index in [1.54, 1.807) is 17.5 Å². The molecule has 1 aromatic carbocycles. The maximum atomic E-state index is 12.4. The molecule has 0 saturated carbocycles. The molecule has 0 aliphatic heterocycles. The first-order chi connectivity index (χ1) is 10.3. The number of aromatic nitrogens is 1. The Kier molecular flexibility index (Phi) is 3.83. The summed E-state index contributed by atoms with van der Waals surface area (Å²) in [6, 6.07) is 9.78. The Bertz CT molecular complexity index is 768. The summed E-state index contributed by atoms with van der Waals surface area (Å²) < 4.78 is 0. The van der Waals surface area contributed by atoms with E-state index >= 15 is 0 Å². The van der Waals surface area contributed by atoms with E-state index in [2.05, 4.69) is 15.6 Å². The fourth-order valence-electron chi connectivity index (χ4n) is 2.24. The molecule has 0 aliphatic carbocycles. The third-order valence-electron chi connectivity index (χ3n) is 3.31. The Morgan fingerprint density at radius 2 is 2.05 bits per heavy atom. The van der Waals surface area contributed by atoms with Gasteiger partial charge in [-0.3, -0.25) is 4.79 Å². The minimum absolute atomic E-state index is 0.104. The normalized spacial score (nSPS) is 10.5. The highest BCUT2D eigenvalue weighted by atomic mass is 32.1. The van der Waals surface area contributed by atoms with E-state index in [0.717, 1.165) is 22.2 Å². The standard InChI is InChI=1S/C16H15N3OS/c1-17-15-13-5-3-2-4-12(13)14(9-18-15)16(20)19-8-11-6-7-21-10-11/h2-7,9-10H,8H2,1H3,(H,17,18)(H,19,20). The number of fused-ring (bicyclic) bond motifs is 1. The van der Waals surface area contributed by atoms with E-state index in [1.807, 2.05) is 48.1 Å². The number of benzene rings is 1. The van der Waals surface area contributed by atoms with Crippen LogP contribution in [0.25, 0.3) is 10.8 Å². The van der Waals surface area contributed by atoms with Crippen molar-refractivity contribution in [3.8, 4) is 0 Å². The summed E-state index contributed by atoms with van der Waals surface area (Å²) >= 11 is 1.62. The fraction of sp³-hybridized carbons (Fsp3) is 0.125. The monoisotopic (exact) mass is 297 g/mol. The molecule has 0 radical (unpaired) electrons. The van der Waals surface area contributed by atoms with Crippen LogP contribution in [0.4, 0.5) is 5.82 Å². The minimum Gasteiger partial charge on any atom is -0.373 e. The van der Waals surface area contributed by atoms with Gasteiger partial charge in [-0.15, -0.1) is 0 Å². The third kappa shape index (κ3) is 2.73. The number of carbonyl (C=O) groups excluding carboxylic acids is 1. The maximum Gasteiger partial charge on any atom is 0.253 e. The topological polar surface area (TPSA) is 54.0 Å². The van der Waals surface area contributed by atoms with E-state index in [1.165, 1.54) is 0 Å². The number of nitrogens with one attached hydrogen (secondary N) is 2. The zero-order chi connectivity index (χ0) is 14.7. The quantitative estimate of drug-likeness (QED) is 0.777. The molecule has 2 heterocycles. The van der Waals surface area contributed by atoms with E-state index < -0.39 is 0 Å². The summed E-state index contributed by atoms with van der Waals surface area (Å²) in [4.78, 5) is 16.7. The molecule has 0 atom stereocenters. The Balaban J connectivity index is 1.91. The molecule has 0 spiro atoms. The lowest BCUT2D eigenvalue weighted by Crippen LogP contribution is -2.23. The van der Waals surface area contributed by atoms with Gasteiger partial charge < -0.3 is 10.6 Å². The molecule has 106 valence electrons.